The van der Waals surface area contributed by atoms with Crippen molar-refractivity contribution in [2.75, 3.05) is 17.2 Å². The van der Waals surface area contributed by atoms with Gasteiger partial charge in [0.15, 0.2) is 0 Å². The van der Waals surface area contributed by atoms with Crippen LogP contribution in [0.1, 0.15) is 5.56 Å². The Morgan fingerprint density at radius 2 is 1.79 bits per heavy atom. The van der Waals surface area contributed by atoms with Gasteiger partial charge in [-0.2, -0.15) is 0 Å². The molecule has 0 saturated carbocycles. The molecule has 2 aromatic heterocycles. The molecule has 1 amide bonds. The van der Waals surface area contributed by atoms with Crippen LogP contribution in [0, 0.1) is 6.92 Å². The average Bonchev–Trinajstić information content (AvgIpc) is 2.73. The fourth-order valence-electron chi connectivity index (χ4n) is 2.92. The minimum Gasteiger partial charge on any atom is -0.345 e. The molecular formula is C22H19N5O. The van der Waals surface area contributed by atoms with E-state index in [2.05, 4.69) is 31.7 Å². The fourth-order valence-corrected chi connectivity index (χ4v) is 2.92. The van der Waals surface area contributed by atoms with E-state index in [4.69, 9.17) is 0 Å². The van der Waals surface area contributed by atoms with Crippen molar-refractivity contribution in [2.24, 2.45) is 0 Å². The molecule has 0 saturated heterocycles. The molecule has 0 bridgehead atoms. The maximum Gasteiger partial charge on any atom is 0.244 e. The molecule has 0 aliphatic carbocycles. The van der Waals surface area contributed by atoms with Crippen molar-refractivity contribution in [3.63, 3.8) is 0 Å². The van der Waals surface area contributed by atoms with Crippen molar-refractivity contribution in [3.05, 3.63) is 78.5 Å². The van der Waals surface area contributed by atoms with Crippen LogP contribution in [0.25, 0.3) is 22.2 Å². The largest absolute Gasteiger partial charge is 0.345 e. The zero-order valence-electron chi connectivity index (χ0n) is 15.4. The summed E-state index contributed by atoms with van der Waals surface area (Å²) < 4.78 is 0. The third kappa shape index (κ3) is 3.96. The van der Waals surface area contributed by atoms with Gasteiger partial charge >= 0.3 is 0 Å². The summed E-state index contributed by atoms with van der Waals surface area (Å²) in [5.74, 6) is 0.702. The number of nitrogens with one attached hydrogen (secondary N) is 2. The summed E-state index contributed by atoms with van der Waals surface area (Å²) in [6, 6.07) is 21.4. The minimum atomic E-state index is -0.215. The minimum absolute atomic E-state index is 0.0438. The molecule has 0 unspecified atom stereocenters. The number of amides is 1. The second-order valence-corrected chi connectivity index (χ2v) is 6.40. The van der Waals surface area contributed by atoms with Crippen LogP contribution in [0.4, 0.5) is 11.8 Å². The summed E-state index contributed by atoms with van der Waals surface area (Å²) in [4.78, 5) is 25.5. The normalized spacial score (nSPS) is 10.6. The lowest BCUT2D eigenvalue weighted by Gasteiger charge is -2.11. The highest BCUT2D eigenvalue weighted by atomic mass is 16.2. The number of aromatic nitrogens is 3. The number of anilines is 2. The van der Waals surface area contributed by atoms with Gasteiger partial charge in [0.1, 0.15) is 5.82 Å². The van der Waals surface area contributed by atoms with Crippen LogP contribution in [0.15, 0.2) is 72.9 Å². The summed E-state index contributed by atoms with van der Waals surface area (Å²) in [6.45, 7) is 2.09. The molecule has 4 rings (SSSR count). The van der Waals surface area contributed by atoms with Crippen LogP contribution in [0.2, 0.25) is 0 Å². The molecule has 4 aromatic rings. The highest BCUT2D eigenvalue weighted by molar-refractivity contribution is 5.95. The molecule has 0 aliphatic heterocycles. The molecular weight excluding hydrogens is 350 g/mol. The molecule has 0 atom stereocenters. The van der Waals surface area contributed by atoms with Gasteiger partial charge in [-0.05, 0) is 31.2 Å². The topological polar surface area (TPSA) is 79.8 Å². The third-order valence-corrected chi connectivity index (χ3v) is 4.24. The maximum atomic E-state index is 12.2. The first-order chi connectivity index (χ1) is 13.7. The van der Waals surface area contributed by atoms with Gasteiger partial charge in [-0.25, -0.2) is 15.0 Å². The number of carbonyl (C=O) groups excluding carboxylic acids is 1. The van der Waals surface area contributed by atoms with E-state index < -0.39 is 0 Å². The molecule has 0 spiro atoms. The van der Waals surface area contributed by atoms with E-state index in [1.165, 1.54) is 0 Å². The molecule has 28 heavy (non-hydrogen) atoms. The predicted molar refractivity (Wildman–Crippen MR) is 111 cm³/mol. The first-order valence-electron chi connectivity index (χ1n) is 8.97. The summed E-state index contributed by atoms with van der Waals surface area (Å²) in [6.07, 6.45) is 1.63. The van der Waals surface area contributed by atoms with E-state index in [1.807, 2.05) is 55.5 Å². The van der Waals surface area contributed by atoms with Crippen LogP contribution >= 0.6 is 0 Å². The lowest BCUT2D eigenvalue weighted by atomic mass is 10.0. The first-order valence-corrected chi connectivity index (χ1v) is 8.97. The van der Waals surface area contributed by atoms with Crippen molar-refractivity contribution in [1.29, 1.82) is 0 Å². The average molecular weight is 369 g/mol. The molecule has 0 fully saturated rings. The van der Waals surface area contributed by atoms with Crippen LogP contribution < -0.4 is 10.6 Å². The second-order valence-electron chi connectivity index (χ2n) is 6.40. The molecule has 2 N–H and O–H groups in total. The molecule has 6 heteroatoms. The van der Waals surface area contributed by atoms with E-state index in [0.29, 0.717) is 11.8 Å². The van der Waals surface area contributed by atoms with Crippen LogP contribution in [-0.4, -0.2) is 27.4 Å². The summed E-state index contributed by atoms with van der Waals surface area (Å²) in [7, 11) is 0. The summed E-state index contributed by atoms with van der Waals surface area (Å²) in [5.41, 5.74) is 3.80. The summed E-state index contributed by atoms with van der Waals surface area (Å²) >= 11 is 0. The maximum absolute atomic E-state index is 12.2. The first kappa shape index (κ1) is 17.6. The summed E-state index contributed by atoms with van der Waals surface area (Å²) in [5, 5.41) is 6.74. The van der Waals surface area contributed by atoms with Gasteiger partial charge in [0.25, 0.3) is 0 Å². The molecule has 2 heterocycles. The van der Waals surface area contributed by atoms with Gasteiger partial charge in [-0.15, -0.1) is 0 Å². The number of hydrogen-bond acceptors (Lipinski definition) is 5. The predicted octanol–water partition coefficient (Wildman–Crippen LogP) is 4.05. The number of rotatable bonds is 5. The number of hydrogen-bond donors (Lipinski definition) is 2. The molecule has 0 aliphatic rings. The number of fused-ring (bicyclic) bond motifs is 1. The van der Waals surface area contributed by atoms with E-state index in [0.717, 1.165) is 27.7 Å². The van der Waals surface area contributed by atoms with Gasteiger partial charge in [-0.3, -0.25) is 4.79 Å². The number of benzene rings is 2. The Morgan fingerprint density at radius 1 is 0.964 bits per heavy atom. The third-order valence-electron chi connectivity index (χ3n) is 4.24. The zero-order chi connectivity index (χ0) is 19.3. The number of aryl methyl sites for hydroxylation is 1. The monoisotopic (exact) mass is 369 g/mol. The van der Waals surface area contributed by atoms with E-state index in [9.17, 15) is 4.79 Å². The molecule has 6 nitrogen and oxygen atoms in total. The lowest BCUT2D eigenvalue weighted by Crippen LogP contribution is -2.23. The van der Waals surface area contributed by atoms with Gasteiger partial charge in [0.05, 0.1) is 17.8 Å². The quantitative estimate of drug-likeness (QED) is 0.555. The smallest absolute Gasteiger partial charge is 0.244 e. The number of nitrogens with zero attached hydrogens (tertiary/aromatic N) is 3. The Kier molecular flexibility index (Phi) is 4.93. The van der Waals surface area contributed by atoms with Crippen molar-refractivity contribution >= 4 is 28.6 Å². The van der Waals surface area contributed by atoms with E-state index in [-0.39, 0.29) is 12.5 Å². The lowest BCUT2D eigenvalue weighted by molar-refractivity contribution is -0.114. The van der Waals surface area contributed by atoms with Crippen molar-refractivity contribution < 1.29 is 4.79 Å². The Labute approximate surface area is 162 Å². The van der Waals surface area contributed by atoms with E-state index in [1.54, 1.807) is 18.3 Å². The van der Waals surface area contributed by atoms with Gasteiger partial charge in [0, 0.05) is 17.1 Å². The van der Waals surface area contributed by atoms with Crippen molar-refractivity contribution in [1.82, 2.24) is 15.0 Å². The van der Waals surface area contributed by atoms with E-state index >= 15 is 0 Å². The van der Waals surface area contributed by atoms with Gasteiger partial charge < -0.3 is 10.6 Å². The van der Waals surface area contributed by atoms with Crippen LogP contribution in [0.5, 0.6) is 0 Å². The number of carbonyl (C=O) groups is 1. The van der Waals surface area contributed by atoms with Crippen molar-refractivity contribution in [3.8, 4) is 11.3 Å². The highest BCUT2D eigenvalue weighted by Gasteiger charge is 2.11. The fraction of sp³-hybridized carbons (Fsp3) is 0.0909. The van der Waals surface area contributed by atoms with Crippen LogP contribution in [0.3, 0.4) is 0 Å². The molecule has 0 radical (unpaired) electrons. The Hall–Kier alpha value is -3.80. The Balaban J connectivity index is 1.61. The molecule has 2 aromatic carbocycles. The van der Waals surface area contributed by atoms with Crippen molar-refractivity contribution in [2.45, 2.75) is 6.92 Å². The van der Waals surface area contributed by atoms with Crippen LogP contribution in [-0.2, 0) is 4.79 Å². The second kappa shape index (κ2) is 7.84. The van der Waals surface area contributed by atoms with Gasteiger partial charge in [0.2, 0.25) is 11.9 Å². The van der Waals surface area contributed by atoms with Gasteiger partial charge in [-0.1, -0.05) is 48.0 Å². The molecule has 138 valence electrons. The SMILES string of the molecule is Cc1ccc2nc(NCC(=O)Nc3ccccn3)nc(-c3ccccc3)c2c1. The zero-order valence-corrected chi connectivity index (χ0v) is 15.4. The Morgan fingerprint density at radius 3 is 2.57 bits per heavy atom. The standard InChI is InChI=1S/C22H19N5O/c1-15-10-11-18-17(13-15)21(16-7-3-2-4-8-16)27-22(25-18)24-14-20(28)26-19-9-5-6-12-23-19/h2-13H,14H2,1H3,(H,23,26,28)(H,24,25,27). The number of pyridine rings is 1. The Bertz CT molecular complexity index is 1110. The highest BCUT2D eigenvalue weighted by Crippen LogP contribution is 2.27.